The Hall–Kier alpha value is -2.50. The first-order valence-electron chi connectivity index (χ1n) is 8.09. The van der Waals surface area contributed by atoms with E-state index in [1.807, 2.05) is 36.7 Å². The van der Waals surface area contributed by atoms with Crippen LogP contribution in [0.25, 0.3) is 0 Å². The van der Waals surface area contributed by atoms with Crippen molar-refractivity contribution < 1.29 is 9.53 Å². The van der Waals surface area contributed by atoms with E-state index < -0.39 is 6.10 Å². The van der Waals surface area contributed by atoms with Gasteiger partial charge in [0.1, 0.15) is 5.75 Å². The number of benzene rings is 1. The van der Waals surface area contributed by atoms with Gasteiger partial charge in [0.25, 0.3) is 5.91 Å². The van der Waals surface area contributed by atoms with Crippen LogP contribution in [0.15, 0.2) is 18.3 Å². The third-order valence-electron chi connectivity index (χ3n) is 4.55. The molecule has 1 aromatic carbocycles. The second-order valence-corrected chi connectivity index (χ2v) is 6.58. The lowest BCUT2D eigenvalue weighted by Crippen LogP contribution is -2.37. The molecular weight excluding hydrogens is 304 g/mol. The summed E-state index contributed by atoms with van der Waals surface area (Å²) in [5.74, 6) is 1.59. The highest BCUT2D eigenvalue weighted by molar-refractivity contribution is 5.82. The minimum Gasteiger partial charge on any atom is -0.480 e. The zero-order valence-corrected chi connectivity index (χ0v) is 14.9. The maximum Gasteiger partial charge on any atom is 0.261 e. The van der Waals surface area contributed by atoms with E-state index in [4.69, 9.17) is 4.74 Å². The second kappa shape index (κ2) is 6.19. The highest BCUT2D eigenvalue weighted by Crippen LogP contribution is 2.31. The molecule has 0 fully saturated rings. The average molecular weight is 328 g/mol. The topological polar surface area (TPSA) is 59.4 Å². The van der Waals surface area contributed by atoms with Crippen LogP contribution in [0, 0.1) is 13.8 Å². The van der Waals surface area contributed by atoms with Crippen LogP contribution in [-0.2, 0) is 24.8 Å². The summed E-state index contributed by atoms with van der Waals surface area (Å²) in [7, 11) is 5.83. The molecule has 1 aliphatic rings. The number of nitrogens with zero attached hydrogens (tertiary/aromatic N) is 3. The average Bonchev–Trinajstić information content (AvgIpc) is 3.09. The van der Waals surface area contributed by atoms with Crippen molar-refractivity contribution in [3.63, 3.8) is 0 Å². The smallest absolute Gasteiger partial charge is 0.261 e. The Morgan fingerprint density at radius 3 is 2.75 bits per heavy atom. The van der Waals surface area contributed by atoms with Gasteiger partial charge >= 0.3 is 0 Å². The van der Waals surface area contributed by atoms with Gasteiger partial charge in [-0.15, -0.1) is 0 Å². The predicted molar refractivity (Wildman–Crippen MR) is 93.4 cm³/mol. The number of amides is 1. The molecule has 2 aromatic rings. The Morgan fingerprint density at radius 1 is 1.38 bits per heavy atom. The Kier molecular flexibility index (Phi) is 4.22. The Balaban J connectivity index is 1.63. The van der Waals surface area contributed by atoms with Gasteiger partial charge < -0.3 is 19.5 Å². The van der Waals surface area contributed by atoms with E-state index in [0.29, 0.717) is 13.0 Å². The molecule has 1 unspecified atom stereocenters. The molecule has 1 atom stereocenters. The SMILES string of the molecule is Cc1cc2c(cc1C)OC(C(=O)NCc1cnc(N(C)C)n1C)C2. The van der Waals surface area contributed by atoms with E-state index >= 15 is 0 Å². The van der Waals surface area contributed by atoms with Crippen LogP contribution in [0.5, 0.6) is 5.75 Å². The quantitative estimate of drug-likeness (QED) is 0.928. The molecule has 2 heterocycles. The number of ether oxygens (including phenoxy) is 1. The van der Waals surface area contributed by atoms with E-state index in [1.165, 1.54) is 11.1 Å². The number of nitrogens with one attached hydrogen (secondary N) is 1. The Bertz CT molecular complexity index is 749. The van der Waals surface area contributed by atoms with Crippen molar-refractivity contribution in [2.45, 2.75) is 32.9 Å². The number of carbonyl (C=O) groups excluding carboxylic acids is 1. The number of anilines is 1. The number of imidazole rings is 1. The fourth-order valence-corrected chi connectivity index (χ4v) is 2.96. The summed E-state index contributed by atoms with van der Waals surface area (Å²) in [5.41, 5.74) is 4.47. The van der Waals surface area contributed by atoms with Gasteiger partial charge in [0.15, 0.2) is 6.10 Å². The summed E-state index contributed by atoms with van der Waals surface area (Å²) in [6, 6.07) is 4.13. The molecule has 128 valence electrons. The van der Waals surface area contributed by atoms with E-state index in [2.05, 4.69) is 30.2 Å². The number of carbonyl (C=O) groups is 1. The molecule has 24 heavy (non-hydrogen) atoms. The third kappa shape index (κ3) is 2.96. The zero-order valence-electron chi connectivity index (χ0n) is 14.9. The molecular formula is C18H24N4O2. The van der Waals surface area contributed by atoms with Crippen molar-refractivity contribution in [3.8, 4) is 5.75 Å². The first-order valence-corrected chi connectivity index (χ1v) is 8.09. The maximum absolute atomic E-state index is 12.4. The van der Waals surface area contributed by atoms with Crippen LogP contribution in [0.1, 0.15) is 22.4 Å². The van der Waals surface area contributed by atoms with E-state index in [0.717, 1.165) is 23.0 Å². The normalized spacial score (nSPS) is 15.8. The molecule has 0 bridgehead atoms. The first kappa shape index (κ1) is 16.4. The lowest BCUT2D eigenvalue weighted by molar-refractivity contribution is -0.127. The van der Waals surface area contributed by atoms with E-state index in [-0.39, 0.29) is 5.91 Å². The Labute approximate surface area is 142 Å². The van der Waals surface area contributed by atoms with Gasteiger partial charge in [-0.1, -0.05) is 6.07 Å². The van der Waals surface area contributed by atoms with Gasteiger partial charge in [0.05, 0.1) is 18.4 Å². The molecule has 3 rings (SSSR count). The van der Waals surface area contributed by atoms with Crippen molar-refractivity contribution in [1.29, 1.82) is 0 Å². The van der Waals surface area contributed by atoms with Gasteiger partial charge in [0.2, 0.25) is 5.95 Å². The van der Waals surface area contributed by atoms with Crippen LogP contribution < -0.4 is 15.0 Å². The number of aryl methyl sites for hydroxylation is 2. The standard InChI is InChI=1S/C18H24N4O2/c1-11-6-13-8-16(24-15(13)7-12(11)2)17(23)19-9-14-10-20-18(21(3)4)22(14)5/h6-7,10,16H,8-9H2,1-5H3,(H,19,23). The molecule has 0 aliphatic carbocycles. The second-order valence-electron chi connectivity index (χ2n) is 6.58. The van der Waals surface area contributed by atoms with Crippen LogP contribution in [0.4, 0.5) is 5.95 Å². The fraction of sp³-hybridized carbons (Fsp3) is 0.444. The summed E-state index contributed by atoms with van der Waals surface area (Å²) in [5, 5.41) is 2.95. The predicted octanol–water partition coefficient (Wildman–Crippen LogP) is 1.72. The van der Waals surface area contributed by atoms with Crippen molar-refractivity contribution in [2.75, 3.05) is 19.0 Å². The van der Waals surface area contributed by atoms with Crippen molar-refractivity contribution >= 4 is 11.9 Å². The minimum atomic E-state index is -0.456. The lowest BCUT2D eigenvalue weighted by Gasteiger charge is -2.14. The summed E-state index contributed by atoms with van der Waals surface area (Å²) in [6.45, 7) is 4.56. The molecule has 1 aromatic heterocycles. The molecule has 6 nitrogen and oxygen atoms in total. The molecule has 1 aliphatic heterocycles. The van der Waals surface area contributed by atoms with Crippen molar-refractivity contribution in [1.82, 2.24) is 14.9 Å². The van der Waals surface area contributed by atoms with E-state index in [1.54, 1.807) is 6.20 Å². The van der Waals surface area contributed by atoms with Gasteiger partial charge in [-0.25, -0.2) is 4.98 Å². The van der Waals surface area contributed by atoms with Crippen LogP contribution in [0.3, 0.4) is 0 Å². The molecule has 0 spiro atoms. The van der Waals surface area contributed by atoms with Crippen molar-refractivity contribution in [3.05, 3.63) is 40.7 Å². The first-order chi connectivity index (χ1) is 11.4. The van der Waals surface area contributed by atoms with Crippen molar-refractivity contribution in [2.24, 2.45) is 7.05 Å². The molecule has 0 saturated heterocycles. The summed E-state index contributed by atoms with van der Waals surface area (Å²) >= 11 is 0. The molecule has 6 heteroatoms. The fourth-order valence-electron chi connectivity index (χ4n) is 2.96. The number of hydrogen-bond donors (Lipinski definition) is 1. The van der Waals surface area contributed by atoms with Crippen LogP contribution in [-0.4, -0.2) is 35.7 Å². The summed E-state index contributed by atoms with van der Waals surface area (Å²) < 4.78 is 7.79. The number of aromatic nitrogens is 2. The summed E-state index contributed by atoms with van der Waals surface area (Å²) in [6.07, 6.45) is 1.95. The molecule has 0 saturated carbocycles. The number of fused-ring (bicyclic) bond motifs is 1. The van der Waals surface area contributed by atoms with Crippen LogP contribution >= 0.6 is 0 Å². The van der Waals surface area contributed by atoms with E-state index in [9.17, 15) is 4.79 Å². The third-order valence-corrected chi connectivity index (χ3v) is 4.55. The number of rotatable bonds is 4. The summed E-state index contributed by atoms with van der Waals surface area (Å²) in [4.78, 5) is 18.7. The molecule has 1 N–H and O–H groups in total. The highest BCUT2D eigenvalue weighted by Gasteiger charge is 2.29. The largest absolute Gasteiger partial charge is 0.480 e. The monoisotopic (exact) mass is 328 g/mol. The Morgan fingerprint density at radius 2 is 2.08 bits per heavy atom. The molecule has 1 amide bonds. The number of hydrogen-bond acceptors (Lipinski definition) is 4. The highest BCUT2D eigenvalue weighted by atomic mass is 16.5. The van der Waals surface area contributed by atoms with Gasteiger partial charge in [-0.05, 0) is 36.6 Å². The molecule has 0 radical (unpaired) electrons. The van der Waals surface area contributed by atoms with Crippen LogP contribution in [0.2, 0.25) is 0 Å². The van der Waals surface area contributed by atoms with Gasteiger partial charge in [-0.2, -0.15) is 0 Å². The minimum absolute atomic E-state index is 0.0888. The van der Waals surface area contributed by atoms with Gasteiger partial charge in [0, 0.05) is 27.6 Å². The van der Waals surface area contributed by atoms with Gasteiger partial charge in [-0.3, -0.25) is 4.79 Å². The maximum atomic E-state index is 12.4. The zero-order chi connectivity index (χ0) is 17.4. The lowest BCUT2D eigenvalue weighted by atomic mass is 10.0.